The Morgan fingerprint density at radius 2 is 2.38 bits per heavy atom. The summed E-state index contributed by atoms with van der Waals surface area (Å²) in [6, 6.07) is 1.87. The molecule has 0 radical (unpaired) electrons. The zero-order chi connectivity index (χ0) is 11.8. The lowest BCUT2D eigenvalue weighted by molar-refractivity contribution is -0.120. The molecule has 5 heteroatoms. The third-order valence-corrected chi connectivity index (χ3v) is 3.19. The average Bonchev–Trinajstić information content (AvgIpc) is 2.92. The fourth-order valence-corrected chi connectivity index (χ4v) is 1.62. The van der Waals surface area contributed by atoms with Gasteiger partial charge in [0.2, 0.25) is 5.91 Å². The fourth-order valence-electron chi connectivity index (χ4n) is 1.62. The molecule has 0 spiro atoms. The molecule has 0 aliphatic heterocycles. The number of nitrogens with one attached hydrogen (secondary N) is 2. The maximum Gasteiger partial charge on any atom is 0.233 e. The Labute approximate surface area is 94.8 Å². The van der Waals surface area contributed by atoms with Crippen LogP contribution in [0.5, 0.6) is 0 Å². The number of anilines is 1. The first kappa shape index (κ1) is 11.1. The number of hydrogen-bond acceptors (Lipinski definition) is 3. The molecule has 1 aliphatic carbocycles. The summed E-state index contributed by atoms with van der Waals surface area (Å²) in [5.41, 5.74) is 6.29. The third-order valence-electron chi connectivity index (χ3n) is 3.19. The number of H-pyrrole nitrogens is 1. The van der Waals surface area contributed by atoms with Crippen molar-refractivity contribution in [3.8, 4) is 0 Å². The van der Waals surface area contributed by atoms with Gasteiger partial charge in [0.05, 0.1) is 5.41 Å². The molecular weight excluding hydrogens is 204 g/mol. The number of carbonyl (C=O) groups excluding carboxylic acids is 1. The summed E-state index contributed by atoms with van der Waals surface area (Å²) < 4.78 is 0. The molecule has 88 valence electrons. The smallest absolute Gasteiger partial charge is 0.233 e. The number of nitrogens with two attached hydrogens (primary N) is 1. The number of aromatic amines is 1. The molecule has 1 amide bonds. The lowest BCUT2D eigenvalue weighted by Crippen LogP contribution is -2.30. The minimum absolute atomic E-state index is 0.00296. The molecule has 2 rings (SSSR count). The molecule has 0 atom stereocenters. The number of carbonyl (C=O) groups is 1. The summed E-state index contributed by atoms with van der Waals surface area (Å²) in [4.78, 5) is 11.9. The topological polar surface area (TPSA) is 83.8 Å². The maximum absolute atomic E-state index is 11.9. The van der Waals surface area contributed by atoms with E-state index in [-0.39, 0.29) is 11.3 Å². The van der Waals surface area contributed by atoms with Gasteiger partial charge in [0, 0.05) is 18.3 Å². The second-order valence-corrected chi connectivity index (χ2v) is 4.80. The minimum Gasteiger partial charge on any atom is -0.329 e. The van der Waals surface area contributed by atoms with Gasteiger partial charge < -0.3 is 11.1 Å². The second kappa shape index (κ2) is 3.90. The van der Waals surface area contributed by atoms with E-state index in [1.807, 2.05) is 6.07 Å². The summed E-state index contributed by atoms with van der Waals surface area (Å²) in [5, 5.41) is 9.77. The van der Waals surface area contributed by atoms with Gasteiger partial charge in [-0.25, -0.2) is 0 Å². The molecule has 1 fully saturated rings. The first-order valence-electron chi connectivity index (χ1n) is 5.64. The highest BCUT2D eigenvalue weighted by molar-refractivity contribution is 5.96. The Kier molecular flexibility index (Phi) is 2.71. The number of nitrogens with zero attached hydrogens (tertiary/aromatic N) is 1. The van der Waals surface area contributed by atoms with Crippen molar-refractivity contribution >= 4 is 11.7 Å². The summed E-state index contributed by atoms with van der Waals surface area (Å²) in [6.07, 6.45) is 1.77. The first-order chi connectivity index (χ1) is 7.57. The standard InChI is InChI=1S/C11H18N4O/c1-7(2)8-5-9(15-14-8)13-10(16)11(6-12)3-4-11/h5,7H,3-4,6,12H2,1-2H3,(H2,13,14,15,16). The zero-order valence-electron chi connectivity index (χ0n) is 9.71. The number of rotatable bonds is 4. The van der Waals surface area contributed by atoms with Crippen molar-refractivity contribution in [3.63, 3.8) is 0 Å². The van der Waals surface area contributed by atoms with E-state index in [0.29, 0.717) is 18.3 Å². The lowest BCUT2D eigenvalue weighted by Gasteiger charge is -2.10. The first-order valence-corrected chi connectivity index (χ1v) is 5.64. The highest BCUT2D eigenvalue weighted by atomic mass is 16.2. The van der Waals surface area contributed by atoms with Crippen LogP contribution in [0.3, 0.4) is 0 Å². The van der Waals surface area contributed by atoms with Crippen molar-refractivity contribution in [2.24, 2.45) is 11.1 Å². The van der Waals surface area contributed by atoms with Gasteiger partial charge in [-0.3, -0.25) is 9.89 Å². The molecule has 0 bridgehead atoms. The van der Waals surface area contributed by atoms with Crippen LogP contribution in [-0.2, 0) is 4.79 Å². The Hall–Kier alpha value is -1.36. The largest absolute Gasteiger partial charge is 0.329 e. The number of aromatic nitrogens is 2. The molecule has 16 heavy (non-hydrogen) atoms. The number of hydrogen-bond donors (Lipinski definition) is 3. The van der Waals surface area contributed by atoms with E-state index in [2.05, 4.69) is 29.4 Å². The molecule has 1 aromatic rings. The van der Waals surface area contributed by atoms with Crippen LogP contribution in [0, 0.1) is 5.41 Å². The molecule has 1 heterocycles. The molecule has 1 saturated carbocycles. The van der Waals surface area contributed by atoms with Gasteiger partial charge >= 0.3 is 0 Å². The molecule has 0 unspecified atom stereocenters. The van der Waals surface area contributed by atoms with Gasteiger partial charge in [-0.1, -0.05) is 13.8 Å². The summed E-state index contributed by atoms with van der Waals surface area (Å²) in [5.74, 6) is 0.966. The normalized spacial score (nSPS) is 17.5. The average molecular weight is 222 g/mol. The minimum atomic E-state index is -0.322. The van der Waals surface area contributed by atoms with Crippen LogP contribution in [0.1, 0.15) is 38.3 Å². The predicted molar refractivity (Wildman–Crippen MR) is 62.0 cm³/mol. The highest BCUT2D eigenvalue weighted by Gasteiger charge is 2.48. The summed E-state index contributed by atoms with van der Waals surface area (Å²) in [7, 11) is 0. The molecule has 1 aromatic heterocycles. The monoisotopic (exact) mass is 222 g/mol. The quantitative estimate of drug-likeness (QED) is 0.716. The maximum atomic E-state index is 11.9. The van der Waals surface area contributed by atoms with Crippen LogP contribution >= 0.6 is 0 Å². The van der Waals surface area contributed by atoms with Crippen molar-refractivity contribution in [1.29, 1.82) is 0 Å². The van der Waals surface area contributed by atoms with Crippen LogP contribution in [0.4, 0.5) is 5.82 Å². The van der Waals surface area contributed by atoms with E-state index >= 15 is 0 Å². The van der Waals surface area contributed by atoms with Crippen molar-refractivity contribution < 1.29 is 4.79 Å². The van der Waals surface area contributed by atoms with Gasteiger partial charge in [0.1, 0.15) is 0 Å². The predicted octanol–water partition coefficient (Wildman–Crippen LogP) is 1.21. The third kappa shape index (κ3) is 1.95. The van der Waals surface area contributed by atoms with Crippen molar-refractivity contribution in [3.05, 3.63) is 11.8 Å². The van der Waals surface area contributed by atoms with E-state index in [9.17, 15) is 4.79 Å². The van der Waals surface area contributed by atoms with Crippen molar-refractivity contribution in [1.82, 2.24) is 10.2 Å². The Balaban J connectivity index is 2.01. The van der Waals surface area contributed by atoms with Gasteiger partial charge in [-0.15, -0.1) is 0 Å². The van der Waals surface area contributed by atoms with E-state index in [4.69, 9.17) is 5.73 Å². The van der Waals surface area contributed by atoms with Crippen LogP contribution in [0.15, 0.2) is 6.07 Å². The van der Waals surface area contributed by atoms with Crippen LogP contribution in [0.2, 0.25) is 0 Å². The Morgan fingerprint density at radius 3 is 2.81 bits per heavy atom. The molecule has 0 saturated heterocycles. The molecule has 0 aromatic carbocycles. The van der Waals surface area contributed by atoms with Crippen molar-refractivity contribution in [2.75, 3.05) is 11.9 Å². The Bertz CT molecular complexity index is 392. The van der Waals surface area contributed by atoms with E-state index in [0.717, 1.165) is 18.5 Å². The van der Waals surface area contributed by atoms with E-state index < -0.39 is 0 Å². The van der Waals surface area contributed by atoms with Crippen LogP contribution in [0.25, 0.3) is 0 Å². The van der Waals surface area contributed by atoms with Gasteiger partial charge in [-0.05, 0) is 18.8 Å². The lowest BCUT2D eigenvalue weighted by atomic mass is 10.1. The molecule has 1 aliphatic rings. The zero-order valence-corrected chi connectivity index (χ0v) is 9.71. The molecule has 5 nitrogen and oxygen atoms in total. The second-order valence-electron chi connectivity index (χ2n) is 4.80. The fraction of sp³-hybridized carbons (Fsp3) is 0.636. The van der Waals surface area contributed by atoms with Gasteiger partial charge in [-0.2, -0.15) is 5.10 Å². The number of amides is 1. The van der Waals surface area contributed by atoms with E-state index in [1.165, 1.54) is 0 Å². The van der Waals surface area contributed by atoms with Crippen molar-refractivity contribution in [2.45, 2.75) is 32.6 Å². The Morgan fingerprint density at radius 1 is 1.69 bits per heavy atom. The van der Waals surface area contributed by atoms with Gasteiger partial charge in [0.15, 0.2) is 5.82 Å². The highest BCUT2D eigenvalue weighted by Crippen LogP contribution is 2.45. The molecular formula is C11H18N4O. The van der Waals surface area contributed by atoms with Crippen LogP contribution < -0.4 is 11.1 Å². The SMILES string of the molecule is CC(C)c1cc(NC(=O)C2(CN)CC2)n[nH]1. The summed E-state index contributed by atoms with van der Waals surface area (Å²) >= 11 is 0. The summed E-state index contributed by atoms with van der Waals surface area (Å²) in [6.45, 7) is 4.56. The van der Waals surface area contributed by atoms with Crippen LogP contribution in [-0.4, -0.2) is 22.6 Å². The molecule has 4 N–H and O–H groups in total. The van der Waals surface area contributed by atoms with Gasteiger partial charge in [0.25, 0.3) is 0 Å². The van der Waals surface area contributed by atoms with E-state index in [1.54, 1.807) is 0 Å².